The number of nitrogens with one attached hydrogen (secondary N) is 1. The van der Waals surface area contributed by atoms with Crippen LogP contribution in [0.25, 0.3) is 21.9 Å². The highest BCUT2D eigenvalue weighted by Gasteiger charge is 2.34. The Hall–Kier alpha value is -5.44. The van der Waals surface area contributed by atoms with Gasteiger partial charge < -0.3 is 23.8 Å². The predicted octanol–water partition coefficient (Wildman–Crippen LogP) is 6.33. The van der Waals surface area contributed by atoms with Crippen molar-refractivity contribution in [1.82, 2.24) is 24.7 Å². The Balaban J connectivity index is 0.916. The van der Waals surface area contributed by atoms with Gasteiger partial charge in [0.05, 0.1) is 18.2 Å². The van der Waals surface area contributed by atoms with Crippen LogP contribution in [-0.2, 0) is 11.3 Å². The molecule has 0 radical (unpaired) electrons. The van der Waals surface area contributed by atoms with E-state index in [-0.39, 0.29) is 48.9 Å². The van der Waals surface area contributed by atoms with E-state index < -0.39 is 35.7 Å². The monoisotopic (exact) mass is 788 g/mol. The number of unbranched alkanes of at least 4 members (excludes halogenated alkanes) is 1. The number of benzene rings is 2. The molecule has 3 saturated heterocycles. The topological polar surface area (TPSA) is 126 Å². The lowest BCUT2D eigenvalue weighted by Gasteiger charge is -2.37. The van der Waals surface area contributed by atoms with Crippen molar-refractivity contribution in [2.24, 2.45) is 5.92 Å². The first-order valence-electron chi connectivity index (χ1n) is 19.6. The van der Waals surface area contributed by atoms with Crippen LogP contribution in [0.5, 0.6) is 11.5 Å². The Bertz CT molecular complexity index is 2190. The zero-order chi connectivity index (χ0) is 40.2. The first-order chi connectivity index (χ1) is 27.5. The Kier molecular flexibility index (Phi) is 12.1. The summed E-state index contributed by atoms with van der Waals surface area (Å²) >= 11 is 0. The number of piperidine rings is 2. The molecule has 302 valence electrons. The van der Waals surface area contributed by atoms with Gasteiger partial charge in [-0.05, 0) is 91.9 Å². The summed E-state index contributed by atoms with van der Waals surface area (Å²) < 4.78 is 59.3. The number of halogens is 3. The Morgan fingerprint density at radius 1 is 0.965 bits per heavy atom. The second-order valence-corrected chi connectivity index (χ2v) is 15.0. The largest absolute Gasteiger partial charge is 0.495 e. The van der Waals surface area contributed by atoms with Crippen LogP contribution in [0, 0.1) is 17.6 Å². The van der Waals surface area contributed by atoms with E-state index in [1.165, 1.54) is 24.4 Å². The fourth-order valence-corrected chi connectivity index (χ4v) is 8.02. The number of anilines is 1. The number of hydrogen-bond acceptors (Lipinski definition) is 8. The molecule has 3 aliphatic rings. The molecule has 0 aliphatic carbocycles. The number of carbonyl (C=O) groups is 3. The molecule has 4 amide bonds. The van der Waals surface area contributed by atoms with Gasteiger partial charge in [-0.1, -0.05) is 13.3 Å². The summed E-state index contributed by atoms with van der Waals surface area (Å²) in [5.74, 6) is -2.27. The molecular formula is C42H47F3N6O6. The van der Waals surface area contributed by atoms with E-state index in [4.69, 9.17) is 9.47 Å². The normalized spacial score (nSPS) is 19.5. The summed E-state index contributed by atoms with van der Waals surface area (Å²) in [5.41, 5.74) is 1.34. The molecule has 3 fully saturated rings. The smallest absolute Gasteiger partial charge is 0.328 e. The molecule has 2 aromatic heterocycles. The molecule has 3 aliphatic heterocycles. The van der Waals surface area contributed by atoms with Crippen LogP contribution in [0.3, 0.4) is 0 Å². The maximum Gasteiger partial charge on any atom is 0.328 e. The number of urea groups is 1. The van der Waals surface area contributed by atoms with Crippen molar-refractivity contribution in [3.8, 4) is 22.6 Å². The number of alkyl halides is 1. The van der Waals surface area contributed by atoms with Gasteiger partial charge in [-0.15, -0.1) is 0 Å². The number of ether oxygens (including phenoxy) is 2. The van der Waals surface area contributed by atoms with Gasteiger partial charge >= 0.3 is 6.03 Å². The van der Waals surface area contributed by atoms with Crippen molar-refractivity contribution in [3.63, 3.8) is 0 Å². The molecule has 0 saturated carbocycles. The number of methoxy groups -OCH3 is 1. The molecule has 15 heteroatoms. The third-order valence-electron chi connectivity index (χ3n) is 11.3. The number of imide groups is 1. The molecule has 2 aromatic carbocycles. The van der Waals surface area contributed by atoms with Gasteiger partial charge in [0.25, 0.3) is 11.5 Å². The number of pyridine rings is 2. The number of hydrogen-bond donors (Lipinski definition) is 1. The van der Waals surface area contributed by atoms with Crippen molar-refractivity contribution in [2.45, 2.75) is 70.7 Å². The molecule has 12 nitrogen and oxygen atoms in total. The van der Waals surface area contributed by atoms with Crippen LogP contribution >= 0.6 is 0 Å². The first-order valence-corrected chi connectivity index (χ1v) is 19.6. The van der Waals surface area contributed by atoms with E-state index >= 15 is 13.2 Å². The Labute approximate surface area is 328 Å². The fourth-order valence-electron chi connectivity index (χ4n) is 8.02. The van der Waals surface area contributed by atoms with Crippen molar-refractivity contribution in [3.05, 3.63) is 82.5 Å². The molecule has 5 heterocycles. The van der Waals surface area contributed by atoms with E-state index in [9.17, 15) is 19.2 Å². The number of carbonyl (C=O) groups excluding carboxylic acids is 3. The quantitative estimate of drug-likeness (QED) is 0.177. The number of amides is 4. The van der Waals surface area contributed by atoms with E-state index in [2.05, 4.69) is 10.3 Å². The minimum atomic E-state index is -1.46. The minimum Gasteiger partial charge on any atom is -0.495 e. The molecule has 7 rings (SSSR count). The number of rotatable bonds is 12. The molecule has 0 spiro atoms. The summed E-state index contributed by atoms with van der Waals surface area (Å²) in [6.45, 7) is 4.98. The first kappa shape index (κ1) is 39.8. The van der Waals surface area contributed by atoms with Crippen molar-refractivity contribution >= 4 is 34.3 Å². The number of aromatic nitrogens is 2. The maximum absolute atomic E-state index is 15.6. The lowest BCUT2D eigenvalue weighted by Crippen LogP contribution is -2.49. The predicted molar refractivity (Wildman–Crippen MR) is 208 cm³/mol. The van der Waals surface area contributed by atoms with E-state index in [0.717, 1.165) is 44.2 Å². The minimum absolute atomic E-state index is 0.0751. The lowest BCUT2D eigenvalue weighted by molar-refractivity contribution is -0.120. The number of fused-ring (bicyclic) bond motifs is 1. The van der Waals surface area contributed by atoms with E-state index in [0.29, 0.717) is 72.0 Å². The molecule has 0 bridgehead atoms. The third-order valence-corrected chi connectivity index (χ3v) is 11.3. The highest BCUT2D eigenvalue weighted by Crippen LogP contribution is 2.35. The fraction of sp³-hybridized carbons (Fsp3) is 0.452. The van der Waals surface area contributed by atoms with Gasteiger partial charge in [0, 0.05) is 75.4 Å². The van der Waals surface area contributed by atoms with Gasteiger partial charge in [0.2, 0.25) is 5.91 Å². The van der Waals surface area contributed by atoms with Crippen LogP contribution in [0.1, 0.15) is 62.2 Å². The second-order valence-electron chi connectivity index (χ2n) is 15.0. The summed E-state index contributed by atoms with van der Waals surface area (Å²) in [4.78, 5) is 60.0. The van der Waals surface area contributed by atoms with Gasteiger partial charge in [0.1, 0.15) is 18.0 Å². The summed E-state index contributed by atoms with van der Waals surface area (Å²) in [6.07, 6.45) is 6.54. The Morgan fingerprint density at radius 2 is 1.74 bits per heavy atom. The van der Waals surface area contributed by atoms with Crippen molar-refractivity contribution in [2.75, 3.05) is 51.3 Å². The van der Waals surface area contributed by atoms with Crippen LogP contribution in [0.2, 0.25) is 0 Å². The molecule has 1 N–H and O–H groups in total. The summed E-state index contributed by atoms with van der Waals surface area (Å²) in [7, 11) is 1.48. The second kappa shape index (κ2) is 17.4. The van der Waals surface area contributed by atoms with Crippen molar-refractivity contribution < 1.29 is 37.0 Å². The third kappa shape index (κ3) is 8.63. The molecule has 2 atom stereocenters. The average Bonchev–Trinajstić information content (AvgIpc) is 3.21. The van der Waals surface area contributed by atoms with E-state index in [1.807, 2.05) is 11.8 Å². The van der Waals surface area contributed by atoms with Crippen LogP contribution < -0.4 is 25.2 Å². The maximum atomic E-state index is 15.6. The van der Waals surface area contributed by atoms with Gasteiger partial charge in [-0.3, -0.25) is 29.6 Å². The van der Waals surface area contributed by atoms with Crippen LogP contribution in [-0.4, -0.2) is 95.9 Å². The lowest BCUT2D eigenvalue weighted by atomic mass is 9.92. The number of likely N-dealkylation sites (tertiary alicyclic amines) is 2. The SMILES string of the molecule is CCCCn1cc(-c2cc(F)c(O[C@@H]3CCN(CCC4CCN(C(=O)c5ccc(OC)c(N6CCC(=O)NC6=O)c5)CC4)C[C@H]3F)c(F)c2)c2ccncc2c1=O. The van der Waals surface area contributed by atoms with Gasteiger partial charge in [0.15, 0.2) is 17.4 Å². The molecule has 57 heavy (non-hydrogen) atoms. The number of nitrogens with zero attached hydrogens (tertiary/aromatic N) is 5. The van der Waals surface area contributed by atoms with E-state index in [1.54, 1.807) is 39.9 Å². The Morgan fingerprint density at radius 3 is 2.44 bits per heavy atom. The van der Waals surface area contributed by atoms with Gasteiger partial charge in [-0.2, -0.15) is 0 Å². The van der Waals surface area contributed by atoms with Crippen molar-refractivity contribution in [1.29, 1.82) is 0 Å². The highest BCUT2D eigenvalue weighted by atomic mass is 19.1. The summed E-state index contributed by atoms with van der Waals surface area (Å²) in [5, 5.41) is 3.18. The zero-order valence-corrected chi connectivity index (χ0v) is 32.1. The molecular weight excluding hydrogens is 741 g/mol. The van der Waals surface area contributed by atoms with Crippen LogP contribution in [0.15, 0.2) is 59.8 Å². The summed E-state index contributed by atoms with van der Waals surface area (Å²) in [6, 6.07) is 8.35. The highest BCUT2D eigenvalue weighted by molar-refractivity contribution is 6.07. The molecule has 4 aromatic rings. The van der Waals surface area contributed by atoms with Crippen LogP contribution in [0.4, 0.5) is 23.7 Å². The number of aryl methyl sites for hydroxylation is 1. The molecule has 0 unspecified atom stereocenters. The standard InChI is InChI=1S/C42H47F3N6O6/c1-3-4-14-50-24-31(29-7-13-46-23-30(29)41(50)54)28-20-32(43)39(33(44)21-28)57-36-11-16-48(25-34(36)45)15-8-26-9-17-49(18-10-26)40(53)27-5-6-37(56-2)35(22-27)51-19-12-38(52)47-42(51)55/h5-7,13,20-24,26,34,36H,3-4,8-12,14-19,25H2,1-2H3,(H,47,52,55)/t34-,36-/m1/s1. The zero-order valence-electron chi connectivity index (χ0n) is 32.1. The average molecular weight is 789 g/mol. The van der Waals surface area contributed by atoms with Gasteiger partial charge in [-0.25, -0.2) is 18.0 Å².